The monoisotopic (exact) mass is 433 g/mol. The number of benzene rings is 2. The molecule has 1 atom stereocenters. The van der Waals surface area contributed by atoms with Crippen molar-refractivity contribution in [3.63, 3.8) is 0 Å². The van der Waals surface area contributed by atoms with Gasteiger partial charge in [0.15, 0.2) is 5.78 Å². The minimum Gasteiger partial charge on any atom is -0.461 e. The molecule has 0 radical (unpaired) electrons. The number of ketones is 1. The lowest BCUT2D eigenvalue weighted by Gasteiger charge is -2.15. The van der Waals surface area contributed by atoms with E-state index in [0.29, 0.717) is 5.33 Å². The van der Waals surface area contributed by atoms with Gasteiger partial charge in [-0.2, -0.15) is 0 Å². The van der Waals surface area contributed by atoms with Crippen LogP contribution in [0.1, 0.15) is 33.2 Å². The lowest BCUT2D eigenvalue weighted by atomic mass is 9.99. The zero-order valence-corrected chi connectivity index (χ0v) is 16.4. The van der Waals surface area contributed by atoms with Gasteiger partial charge in [-0.05, 0) is 18.6 Å². The van der Waals surface area contributed by atoms with Gasteiger partial charge in [0.2, 0.25) is 0 Å². The first-order valence-corrected chi connectivity index (χ1v) is 9.48. The molecule has 6 nitrogen and oxygen atoms in total. The molecule has 0 bridgehead atoms. The van der Waals surface area contributed by atoms with Crippen LogP contribution in [-0.2, 0) is 16.1 Å². The van der Waals surface area contributed by atoms with Crippen LogP contribution >= 0.6 is 15.9 Å². The van der Waals surface area contributed by atoms with Crippen molar-refractivity contribution in [2.75, 3.05) is 11.9 Å². The van der Waals surface area contributed by atoms with Gasteiger partial charge in [0, 0.05) is 10.9 Å². The number of halogens is 1. The standard InChI is InChI=1S/C20H20BrNO5/c1-14(22-20(25)27-13-15-7-3-2-4-8-15)18(23)16-9-5-6-10-17(16)19(24)26-12-11-21/h2-10,14H,11-13H2,1H3,(H,22,25)/t14-/m0/s1. The summed E-state index contributed by atoms with van der Waals surface area (Å²) in [4.78, 5) is 36.7. The molecule has 0 aliphatic rings. The fraction of sp³-hybridized carbons (Fsp3) is 0.250. The van der Waals surface area contributed by atoms with Crippen LogP contribution < -0.4 is 5.32 Å². The summed E-state index contributed by atoms with van der Waals surface area (Å²) in [7, 11) is 0. The molecule has 0 aromatic heterocycles. The highest BCUT2D eigenvalue weighted by Crippen LogP contribution is 2.13. The number of amides is 1. The van der Waals surface area contributed by atoms with E-state index < -0.39 is 23.9 Å². The summed E-state index contributed by atoms with van der Waals surface area (Å²) in [5, 5.41) is 2.99. The molecular weight excluding hydrogens is 414 g/mol. The lowest BCUT2D eigenvalue weighted by Crippen LogP contribution is -2.39. The van der Waals surface area contributed by atoms with E-state index in [4.69, 9.17) is 9.47 Å². The molecular formula is C20H20BrNO5. The molecule has 1 amide bonds. The average Bonchev–Trinajstić information content (AvgIpc) is 2.70. The second-order valence-electron chi connectivity index (χ2n) is 5.66. The molecule has 2 rings (SSSR count). The molecule has 27 heavy (non-hydrogen) atoms. The molecule has 0 aliphatic carbocycles. The summed E-state index contributed by atoms with van der Waals surface area (Å²) >= 11 is 3.17. The van der Waals surface area contributed by atoms with Gasteiger partial charge in [-0.25, -0.2) is 9.59 Å². The highest BCUT2D eigenvalue weighted by Gasteiger charge is 2.23. The molecule has 0 aliphatic heterocycles. The largest absolute Gasteiger partial charge is 0.461 e. The molecule has 142 valence electrons. The first kappa shape index (κ1) is 20.6. The maximum absolute atomic E-state index is 12.7. The quantitative estimate of drug-likeness (QED) is 0.389. The van der Waals surface area contributed by atoms with Gasteiger partial charge in [0.1, 0.15) is 13.2 Å². The topological polar surface area (TPSA) is 81.7 Å². The average molecular weight is 434 g/mol. The van der Waals surface area contributed by atoms with E-state index in [0.717, 1.165) is 5.56 Å². The maximum atomic E-state index is 12.7. The fourth-order valence-corrected chi connectivity index (χ4v) is 2.49. The Balaban J connectivity index is 1.98. The van der Waals surface area contributed by atoms with Gasteiger partial charge in [-0.3, -0.25) is 4.79 Å². The third-order valence-corrected chi connectivity index (χ3v) is 3.99. The van der Waals surface area contributed by atoms with Crippen LogP contribution in [0.4, 0.5) is 4.79 Å². The summed E-state index contributed by atoms with van der Waals surface area (Å²) in [5.41, 5.74) is 1.19. The number of ether oxygens (including phenoxy) is 2. The Kier molecular flexibility index (Phi) is 8.00. The van der Waals surface area contributed by atoms with Crippen molar-refractivity contribution in [1.82, 2.24) is 5.32 Å². The van der Waals surface area contributed by atoms with Gasteiger partial charge >= 0.3 is 12.1 Å². The molecule has 0 spiro atoms. The van der Waals surface area contributed by atoms with Gasteiger partial charge in [-0.15, -0.1) is 0 Å². The normalized spacial score (nSPS) is 11.3. The number of rotatable bonds is 8. The predicted molar refractivity (Wildman–Crippen MR) is 104 cm³/mol. The molecule has 0 saturated heterocycles. The van der Waals surface area contributed by atoms with Gasteiger partial charge in [-0.1, -0.05) is 64.5 Å². The maximum Gasteiger partial charge on any atom is 0.408 e. The number of alkyl carbamates (subject to hydrolysis) is 1. The second-order valence-corrected chi connectivity index (χ2v) is 6.46. The summed E-state index contributed by atoms with van der Waals surface area (Å²) < 4.78 is 10.2. The molecule has 0 fully saturated rings. The molecule has 0 unspecified atom stereocenters. The number of alkyl halides is 1. The predicted octanol–water partition coefficient (Wildman–Crippen LogP) is 3.74. The van der Waals surface area contributed by atoms with Crippen LogP contribution in [0.25, 0.3) is 0 Å². The highest BCUT2D eigenvalue weighted by atomic mass is 79.9. The highest BCUT2D eigenvalue weighted by molar-refractivity contribution is 9.09. The van der Waals surface area contributed by atoms with E-state index in [1.165, 1.54) is 19.1 Å². The first-order chi connectivity index (χ1) is 13.0. The zero-order chi connectivity index (χ0) is 19.6. The Morgan fingerprint density at radius 1 is 0.963 bits per heavy atom. The Morgan fingerprint density at radius 2 is 1.59 bits per heavy atom. The number of esters is 1. The van der Waals surface area contributed by atoms with Crippen LogP contribution in [-0.4, -0.2) is 35.8 Å². The minimum absolute atomic E-state index is 0.100. The van der Waals surface area contributed by atoms with Gasteiger partial charge in [0.25, 0.3) is 0 Å². The van der Waals surface area contributed by atoms with Crippen molar-refractivity contribution < 1.29 is 23.9 Å². The van der Waals surface area contributed by atoms with E-state index in [1.54, 1.807) is 12.1 Å². The Bertz CT molecular complexity index is 794. The smallest absolute Gasteiger partial charge is 0.408 e. The number of hydrogen-bond donors (Lipinski definition) is 1. The van der Waals surface area contributed by atoms with Crippen molar-refractivity contribution in [3.05, 3.63) is 71.3 Å². The summed E-state index contributed by atoms with van der Waals surface area (Å²) in [6, 6.07) is 14.7. The van der Waals surface area contributed by atoms with Gasteiger partial charge in [0.05, 0.1) is 11.6 Å². The van der Waals surface area contributed by atoms with E-state index >= 15 is 0 Å². The SMILES string of the molecule is C[C@H](NC(=O)OCc1ccccc1)C(=O)c1ccccc1C(=O)OCCBr. The Morgan fingerprint density at radius 3 is 2.26 bits per heavy atom. The molecule has 0 saturated carbocycles. The number of Topliss-reactive ketones (excluding diaryl/α,β-unsaturated/α-hetero) is 1. The van der Waals surface area contributed by atoms with E-state index in [-0.39, 0.29) is 24.3 Å². The Hall–Kier alpha value is -2.67. The summed E-state index contributed by atoms with van der Waals surface area (Å²) in [6.07, 6.45) is -0.709. The van der Waals surface area contributed by atoms with Crippen molar-refractivity contribution in [1.29, 1.82) is 0 Å². The summed E-state index contributed by atoms with van der Waals surface area (Å²) in [6.45, 7) is 1.83. The zero-order valence-electron chi connectivity index (χ0n) is 14.8. The van der Waals surface area contributed by atoms with Crippen LogP contribution in [0.3, 0.4) is 0 Å². The number of hydrogen-bond acceptors (Lipinski definition) is 5. The summed E-state index contributed by atoms with van der Waals surface area (Å²) in [5.74, 6) is -0.990. The molecule has 1 N–H and O–H groups in total. The van der Waals surface area contributed by atoms with Crippen LogP contribution in [0.5, 0.6) is 0 Å². The Labute approximate surface area is 166 Å². The van der Waals surface area contributed by atoms with Crippen LogP contribution in [0.2, 0.25) is 0 Å². The fourth-order valence-electron chi connectivity index (χ4n) is 2.33. The number of carbonyl (C=O) groups is 3. The van der Waals surface area contributed by atoms with Crippen molar-refractivity contribution in [3.8, 4) is 0 Å². The van der Waals surface area contributed by atoms with Crippen molar-refractivity contribution in [2.24, 2.45) is 0 Å². The first-order valence-electron chi connectivity index (χ1n) is 8.36. The minimum atomic E-state index is -0.863. The van der Waals surface area contributed by atoms with E-state index in [1.807, 2.05) is 30.3 Å². The molecule has 7 heteroatoms. The van der Waals surface area contributed by atoms with Gasteiger partial charge < -0.3 is 14.8 Å². The van der Waals surface area contributed by atoms with Crippen molar-refractivity contribution >= 4 is 33.8 Å². The molecule has 0 heterocycles. The lowest BCUT2D eigenvalue weighted by molar-refractivity contribution is 0.0527. The third-order valence-electron chi connectivity index (χ3n) is 3.66. The van der Waals surface area contributed by atoms with Crippen molar-refractivity contribution in [2.45, 2.75) is 19.6 Å². The second kappa shape index (κ2) is 10.5. The third kappa shape index (κ3) is 6.21. The van der Waals surface area contributed by atoms with Crippen LogP contribution in [0.15, 0.2) is 54.6 Å². The molecule has 2 aromatic carbocycles. The van der Waals surface area contributed by atoms with E-state index in [2.05, 4.69) is 21.2 Å². The molecule has 2 aromatic rings. The number of nitrogens with one attached hydrogen (secondary N) is 1. The van der Waals surface area contributed by atoms with E-state index in [9.17, 15) is 14.4 Å². The van der Waals surface area contributed by atoms with Crippen LogP contribution in [0, 0.1) is 0 Å². The number of carbonyl (C=O) groups excluding carboxylic acids is 3.